The lowest BCUT2D eigenvalue weighted by atomic mass is 10.2. The maximum absolute atomic E-state index is 12.1. The number of hydrogen-bond donors (Lipinski definition) is 2. The molecule has 0 saturated carbocycles. The van der Waals surface area contributed by atoms with E-state index in [0.29, 0.717) is 23.9 Å². The number of amides is 1. The topological polar surface area (TPSA) is 65.7 Å². The van der Waals surface area contributed by atoms with Gasteiger partial charge in [0.05, 0.1) is 19.7 Å². The zero-order valence-electron chi connectivity index (χ0n) is 13.4. The van der Waals surface area contributed by atoms with Gasteiger partial charge in [-0.1, -0.05) is 11.6 Å². The summed E-state index contributed by atoms with van der Waals surface area (Å²) in [4.78, 5) is 14.1. The van der Waals surface area contributed by atoms with E-state index in [-0.39, 0.29) is 18.6 Å². The predicted octanol–water partition coefficient (Wildman–Crippen LogP) is 2.67. The van der Waals surface area contributed by atoms with Crippen LogP contribution in [0.25, 0.3) is 11.3 Å². The molecule has 0 spiro atoms. The Labute approximate surface area is 146 Å². The van der Waals surface area contributed by atoms with Crippen molar-refractivity contribution in [3.8, 4) is 11.3 Å². The Morgan fingerprint density at radius 1 is 1.29 bits per heavy atom. The molecule has 1 atom stereocenters. The number of nitrogens with one attached hydrogen (secondary N) is 1. The molecule has 1 aromatic heterocycles. The second kappa shape index (κ2) is 7.83. The van der Waals surface area contributed by atoms with Crippen LogP contribution in [-0.4, -0.2) is 41.7 Å². The Bertz CT molecular complexity index is 684. The van der Waals surface area contributed by atoms with Crippen LogP contribution < -0.4 is 5.32 Å². The van der Waals surface area contributed by atoms with E-state index in [1.165, 1.54) is 0 Å². The highest BCUT2D eigenvalue weighted by Crippen LogP contribution is 2.23. The molecule has 2 heterocycles. The summed E-state index contributed by atoms with van der Waals surface area (Å²) >= 11 is 5.88. The molecule has 1 aromatic carbocycles. The SMILES string of the molecule is O=C(CN1CCC[C@@H]1CO)NCc1ccc(-c2ccc(Cl)cc2)o1. The molecule has 1 fully saturated rings. The van der Waals surface area contributed by atoms with Gasteiger partial charge in [0.25, 0.3) is 0 Å². The van der Waals surface area contributed by atoms with Crippen molar-refractivity contribution in [1.82, 2.24) is 10.2 Å². The summed E-state index contributed by atoms with van der Waals surface area (Å²) in [6.45, 7) is 1.63. The summed E-state index contributed by atoms with van der Waals surface area (Å²) in [5.41, 5.74) is 0.944. The molecular formula is C18H21ClN2O3. The number of furan rings is 1. The van der Waals surface area contributed by atoms with E-state index in [2.05, 4.69) is 5.32 Å². The van der Waals surface area contributed by atoms with E-state index in [0.717, 1.165) is 30.7 Å². The van der Waals surface area contributed by atoms with Gasteiger partial charge in [0.2, 0.25) is 5.91 Å². The fourth-order valence-electron chi connectivity index (χ4n) is 2.98. The minimum Gasteiger partial charge on any atom is -0.459 e. The smallest absolute Gasteiger partial charge is 0.234 e. The van der Waals surface area contributed by atoms with E-state index < -0.39 is 0 Å². The molecular weight excluding hydrogens is 328 g/mol. The van der Waals surface area contributed by atoms with Crippen LogP contribution in [0.15, 0.2) is 40.8 Å². The lowest BCUT2D eigenvalue weighted by molar-refractivity contribution is -0.122. The standard InChI is InChI=1S/C18H21ClN2O3/c19-14-5-3-13(4-6-14)17-8-7-16(24-17)10-20-18(23)11-21-9-1-2-15(21)12-22/h3-8,15,22H,1-2,9-12H2,(H,20,23)/t15-/m1/s1. The fraction of sp³-hybridized carbons (Fsp3) is 0.389. The second-order valence-electron chi connectivity index (χ2n) is 6.00. The minimum absolute atomic E-state index is 0.0557. The first-order valence-corrected chi connectivity index (χ1v) is 8.50. The van der Waals surface area contributed by atoms with Gasteiger partial charge >= 0.3 is 0 Å². The van der Waals surface area contributed by atoms with Crippen molar-refractivity contribution in [2.45, 2.75) is 25.4 Å². The third-order valence-electron chi connectivity index (χ3n) is 4.31. The molecule has 1 amide bonds. The largest absolute Gasteiger partial charge is 0.459 e. The van der Waals surface area contributed by atoms with Crippen molar-refractivity contribution < 1.29 is 14.3 Å². The first kappa shape index (κ1) is 17.0. The molecule has 1 aliphatic heterocycles. The summed E-state index contributed by atoms with van der Waals surface area (Å²) in [5, 5.41) is 12.8. The van der Waals surface area contributed by atoms with Gasteiger partial charge in [0, 0.05) is 16.6 Å². The molecule has 0 unspecified atom stereocenters. The lowest BCUT2D eigenvalue weighted by Gasteiger charge is -2.21. The molecule has 1 saturated heterocycles. The number of carbonyl (C=O) groups excluding carboxylic acids is 1. The van der Waals surface area contributed by atoms with Gasteiger partial charge in [-0.2, -0.15) is 0 Å². The normalized spacial score (nSPS) is 18.0. The van der Waals surface area contributed by atoms with Crippen LogP contribution in [0.2, 0.25) is 5.02 Å². The number of likely N-dealkylation sites (tertiary alicyclic amines) is 1. The average molecular weight is 349 g/mol. The molecule has 3 rings (SSSR count). The minimum atomic E-state index is -0.0557. The molecule has 0 aliphatic carbocycles. The molecule has 6 heteroatoms. The Morgan fingerprint density at radius 2 is 2.08 bits per heavy atom. The second-order valence-corrected chi connectivity index (χ2v) is 6.44. The third kappa shape index (κ3) is 4.17. The van der Waals surface area contributed by atoms with Gasteiger partial charge in [-0.3, -0.25) is 9.69 Å². The van der Waals surface area contributed by atoms with Gasteiger partial charge in [-0.25, -0.2) is 0 Å². The highest BCUT2D eigenvalue weighted by atomic mass is 35.5. The van der Waals surface area contributed by atoms with Crippen LogP contribution in [0.3, 0.4) is 0 Å². The van der Waals surface area contributed by atoms with Crippen LogP contribution in [0, 0.1) is 0 Å². The summed E-state index contributed by atoms with van der Waals surface area (Å²) in [7, 11) is 0. The molecule has 24 heavy (non-hydrogen) atoms. The molecule has 1 aliphatic rings. The molecule has 2 aromatic rings. The monoisotopic (exact) mass is 348 g/mol. The van der Waals surface area contributed by atoms with Crippen LogP contribution in [0.5, 0.6) is 0 Å². The van der Waals surface area contributed by atoms with Crippen molar-refractivity contribution in [3.05, 3.63) is 47.2 Å². The highest BCUT2D eigenvalue weighted by Gasteiger charge is 2.25. The Kier molecular flexibility index (Phi) is 5.56. The molecule has 128 valence electrons. The summed E-state index contributed by atoms with van der Waals surface area (Å²) < 4.78 is 5.76. The number of aliphatic hydroxyl groups is 1. The van der Waals surface area contributed by atoms with Crippen LogP contribution in [0.1, 0.15) is 18.6 Å². The van der Waals surface area contributed by atoms with Crippen LogP contribution in [-0.2, 0) is 11.3 Å². The van der Waals surface area contributed by atoms with Crippen molar-refractivity contribution in [2.24, 2.45) is 0 Å². The summed E-state index contributed by atoms with van der Waals surface area (Å²) in [6.07, 6.45) is 1.98. The number of rotatable bonds is 6. The van der Waals surface area contributed by atoms with E-state index in [1.807, 2.05) is 41.3 Å². The zero-order chi connectivity index (χ0) is 16.9. The summed E-state index contributed by atoms with van der Waals surface area (Å²) in [5.74, 6) is 1.39. The molecule has 0 bridgehead atoms. The van der Waals surface area contributed by atoms with Crippen LogP contribution in [0.4, 0.5) is 0 Å². The number of nitrogens with zero attached hydrogens (tertiary/aromatic N) is 1. The number of hydrogen-bond acceptors (Lipinski definition) is 4. The summed E-state index contributed by atoms with van der Waals surface area (Å²) in [6, 6.07) is 11.3. The van der Waals surface area contributed by atoms with Gasteiger partial charge in [0.15, 0.2) is 0 Å². The fourth-order valence-corrected chi connectivity index (χ4v) is 3.10. The average Bonchev–Trinajstić information content (AvgIpc) is 3.22. The van der Waals surface area contributed by atoms with Crippen molar-refractivity contribution in [2.75, 3.05) is 19.7 Å². The van der Waals surface area contributed by atoms with Crippen molar-refractivity contribution in [3.63, 3.8) is 0 Å². The number of carbonyl (C=O) groups is 1. The molecule has 5 nitrogen and oxygen atoms in total. The van der Waals surface area contributed by atoms with Gasteiger partial charge in [-0.05, 0) is 55.8 Å². The maximum Gasteiger partial charge on any atom is 0.234 e. The van der Waals surface area contributed by atoms with E-state index in [4.69, 9.17) is 16.0 Å². The Hall–Kier alpha value is -1.82. The van der Waals surface area contributed by atoms with Crippen molar-refractivity contribution in [1.29, 1.82) is 0 Å². The van der Waals surface area contributed by atoms with Gasteiger partial charge < -0.3 is 14.8 Å². The number of benzene rings is 1. The van der Waals surface area contributed by atoms with Gasteiger partial charge in [-0.15, -0.1) is 0 Å². The molecule has 0 radical (unpaired) electrons. The number of halogens is 1. The van der Waals surface area contributed by atoms with E-state index in [9.17, 15) is 9.90 Å². The quantitative estimate of drug-likeness (QED) is 0.842. The Morgan fingerprint density at radius 3 is 2.83 bits per heavy atom. The third-order valence-corrected chi connectivity index (χ3v) is 4.56. The first-order chi connectivity index (χ1) is 11.7. The highest BCUT2D eigenvalue weighted by molar-refractivity contribution is 6.30. The zero-order valence-corrected chi connectivity index (χ0v) is 14.1. The maximum atomic E-state index is 12.1. The number of aliphatic hydroxyl groups excluding tert-OH is 1. The first-order valence-electron chi connectivity index (χ1n) is 8.12. The van der Waals surface area contributed by atoms with Crippen molar-refractivity contribution >= 4 is 17.5 Å². The predicted molar refractivity (Wildman–Crippen MR) is 92.7 cm³/mol. The van der Waals surface area contributed by atoms with Gasteiger partial charge in [0.1, 0.15) is 11.5 Å². The van der Waals surface area contributed by atoms with Crippen LogP contribution >= 0.6 is 11.6 Å². The van der Waals surface area contributed by atoms with E-state index >= 15 is 0 Å². The molecule has 2 N–H and O–H groups in total. The van der Waals surface area contributed by atoms with E-state index in [1.54, 1.807) is 0 Å². The lowest BCUT2D eigenvalue weighted by Crippen LogP contribution is -2.40. The Balaban J connectivity index is 1.52.